The Morgan fingerprint density at radius 3 is 2.50 bits per heavy atom. The van der Waals surface area contributed by atoms with Crippen molar-refractivity contribution in [3.05, 3.63) is 36.4 Å². The molecular weight excluding hydrogens is 350 g/mol. The zero-order valence-electron chi connectivity index (χ0n) is 16.9. The molecule has 1 aliphatic heterocycles. The highest BCUT2D eigenvalue weighted by Gasteiger charge is 2.40. The third-order valence-electron chi connectivity index (χ3n) is 5.91. The van der Waals surface area contributed by atoms with Crippen LogP contribution < -0.4 is 10.2 Å². The summed E-state index contributed by atoms with van der Waals surface area (Å²) in [6, 6.07) is 4.27. The fourth-order valence-electron chi connectivity index (χ4n) is 3.95. The van der Waals surface area contributed by atoms with E-state index in [0.29, 0.717) is 11.8 Å². The van der Waals surface area contributed by atoms with Gasteiger partial charge in [-0.3, -0.25) is 9.78 Å². The minimum absolute atomic E-state index is 0.242. The van der Waals surface area contributed by atoms with Crippen LogP contribution in [0.2, 0.25) is 0 Å². The van der Waals surface area contributed by atoms with Gasteiger partial charge in [0.15, 0.2) is 0 Å². The number of nitrogens with one attached hydrogen (secondary N) is 1. The zero-order chi connectivity index (χ0) is 19.7. The van der Waals surface area contributed by atoms with Crippen molar-refractivity contribution >= 4 is 11.9 Å². The summed E-state index contributed by atoms with van der Waals surface area (Å²) in [5, 5.41) is 3.23. The minimum Gasteiger partial charge on any atom is -0.353 e. The maximum Gasteiger partial charge on any atom is 0.225 e. The van der Waals surface area contributed by atoms with Gasteiger partial charge in [0, 0.05) is 49.2 Å². The molecule has 1 amide bonds. The van der Waals surface area contributed by atoms with Crippen LogP contribution >= 0.6 is 0 Å². The van der Waals surface area contributed by atoms with Crippen LogP contribution in [-0.4, -0.2) is 40.0 Å². The van der Waals surface area contributed by atoms with E-state index in [4.69, 9.17) is 4.98 Å². The average Bonchev–Trinajstić information content (AvgIpc) is 3.45. The molecule has 2 aromatic rings. The lowest BCUT2D eigenvalue weighted by atomic mass is 10.00. The van der Waals surface area contributed by atoms with Crippen molar-refractivity contribution < 1.29 is 4.79 Å². The first-order chi connectivity index (χ1) is 13.5. The van der Waals surface area contributed by atoms with Gasteiger partial charge in [-0.2, -0.15) is 0 Å². The van der Waals surface area contributed by atoms with Crippen molar-refractivity contribution in [1.82, 2.24) is 20.3 Å². The van der Waals surface area contributed by atoms with Crippen LogP contribution in [0.1, 0.15) is 51.6 Å². The summed E-state index contributed by atoms with van der Waals surface area (Å²) in [6.45, 7) is 8.22. The number of anilines is 1. The summed E-state index contributed by atoms with van der Waals surface area (Å²) in [6.07, 6.45) is 8.47. The molecule has 148 valence electrons. The first-order valence-corrected chi connectivity index (χ1v) is 10.4. The van der Waals surface area contributed by atoms with E-state index in [2.05, 4.69) is 41.0 Å². The molecule has 1 saturated heterocycles. The topological polar surface area (TPSA) is 71.0 Å². The molecule has 0 spiro atoms. The molecule has 0 bridgehead atoms. The molecule has 2 fully saturated rings. The van der Waals surface area contributed by atoms with Gasteiger partial charge in [-0.05, 0) is 48.8 Å². The molecule has 0 radical (unpaired) electrons. The molecule has 1 saturated carbocycles. The van der Waals surface area contributed by atoms with Crippen molar-refractivity contribution in [2.45, 2.75) is 52.0 Å². The molecule has 1 N–H and O–H groups in total. The van der Waals surface area contributed by atoms with E-state index < -0.39 is 0 Å². The minimum atomic E-state index is 0.242. The molecule has 6 heteroatoms. The molecule has 28 heavy (non-hydrogen) atoms. The molecule has 2 aromatic heterocycles. The van der Waals surface area contributed by atoms with Crippen molar-refractivity contribution in [2.24, 2.45) is 11.8 Å². The normalized spacial score (nSPS) is 22.4. The van der Waals surface area contributed by atoms with Crippen LogP contribution in [0.5, 0.6) is 0 Å². The highest BCUT2D eigenvalue weighted by Crippen LogP contribution is 2.38. The lowest BCUT2D eigenvalue weighted by Crippen LogP contribution is -2.45. The van der Waals surface area contributed by atoms with Crippen LogP contribution in [-0.2, 0) is 4.79 Å². The van der Waals surface area contributed by atoms with E-state index in [0.717, 1.165) is 55.1 Å². The largest absolute Gasteiger partial charge is 0.353 e. The summed E-state index contributed by atoms with van der Waals surface area (Å²) >= 11 is 0. The average molecular weight is 380 g/mol. The smallest absolute Gasteiger partial charge is 0.225 e. The number of hydrogen-bond acceptors (Lipinski definition) is 5. The monoisotopic (exact) mass is 379 g/mol. The second kappa shape index (κ2) is 7.86. The number of pyridine rings is 1. The highest BCUT2D eigenvalue weighted by atomic mass is 16.2. The predicted molar refractivity (Wildman–Crippen MR) is 110 cm³/mol. The Hall–Kier alpha value is -2.50. The van der Waals surface area contributed by atoms with E-state index in [9.17, 15) is 4.79 Å². The van der Waals surface area contributed by atoms with Gasteiger partial charge in [-0.15, -0.1) is 0 Å². The van der Waals surface area contributed by atoms with Gasteiger partial charge in [-0.1, -0.05) is 20.8 Å². The maximum atomic E-state index is 12.2. The third-order valence-corrected chi connectivity index (χ3v) is 5.91. The Morgan fingerprint density at radius 2 is 1.89 bits per heavy atom. The molecule has 3 heterocycles. The molecule has 1 aliphatic carbocycles. The fraction of sp³-hybridized carbons (Fsp3) is 0.545. The van der Waals surface area contributed by atoms with Gasteiger partial charge >= 0.3 is 0 Å². The number of aromatic nitrogens is 3. The Labute approximate surface area is 166 Å². The Bertz CT molecular complexity index is 830. The van der Waals surface area contributed by atoms with Crippen LogP contribution in [0.15, 0.2) is 30.7 Å². The second-order valence-electron chi connectivity index (χ2n) is 8.45. The fourth-order valence-corrected chi connectivity index (χ4v) is 3.95. The second-order valence-corrected chi connectivity index (χ2v) is 8.45. The molecular formula is C22H29N5O. The van der Waals surface area contributed by atoms with Crippen molar-refractivity contribution in [3.8, 4) is 11.1 Å². The van der Waals surface area contributed by atoms with Crippen molar-refractivity contribution in [3.63, 3.8) is 0 Å². The lowest BCUT2D eigenvalue weighted by Gasteiger charge is -2.33. The van der Waals surface area contributed by atoms with Gasteiger partial charge in [0.05, 0.1) is 5.69 Å². The molecule has 0 aromatic carbocycles. The SMILES string of the molecule is CC(C)c1nc(N2CCC(NC(=O)[C@H]3C[C@H]3C)CC2)ncc1-c1ccncc1. The number of amides is 1. The molecule has 2 atom stereocenters. The molecule has 0 unspecified atom stereocenters. The van der Waals surface area contributed by atoms with E-state index in [1.807, 2.05) is 18.3 Å². The highest BCUT2D eigenvalue weighted by molar-refractivity contribution is 5.81. The van der Waals surface area contributed by atoms with Crippen molar-refractivity contribution in [1.29, 1.82) is 0 Å². The first kappa shape index (κ1) is 18.8. The Morgan fingerprint density at radius 1 is 1.21 bits per heavy atom. The summed E-state index contributed by atoms with van der Waals surface area (Å²) in [5.41, 5.74) is 3.23. The van der Waals surface area contributed by atoms with Crippen LogP contribution in [0, 0.1) is 11.8 Å². The van der Waals surface area contributed by atoms with Gasteiger partial charge < -0.3 is 10.2 Å². The summed E-state index contributed by atoms with van der Waals surface area (Å²) in [7, 11) is 0. The Kier molecular flexibility index (Phi) is 5.29. The van der Waals surface area contributed by atoms with E-state index in [1.165, 1.54) is 0 Å². The van der Waals surface area contributed by atoms with Crippen LogP contribution in [0.3, 0.4) is 0 Å². The number of nitrogens with zero attached hydrogens (tertiary/aromatic N) is 4. The van der Waals surface area contributed by atoms with Crippen LogP contribution in [0.4, 0.5) is 5.95 Å². The quantitative estimate of drug-likeness (QED) is 0.862. The van der Waals surface area contributed by atoms with E-state index in [1.54, 1.807) is 12.4 Å². The van der Waals surface area contributed by atoms with Crippen LogP contribution in [0.25, 0.3) is 11.1 Å². The predicted octanol–water partition coefficient (Wildman–Crippen LogP) is 3.40. The van der Waals surface area contributed by atoms with Gasteiger partial charge in [0.1, 0.15) is 0 Å². The summed E-state index contributed by atoms with van der Waals surface area (Å²) in [4.78, 5) is 28.1. The van der Waals surface area contributed by atoms with E-state index in [-0.39, 0.29) is 17.9 Å². The zero-order valence-corrected chi connectivity index (χ0v) is 16.9. The lowest BCUT2D eigenvalue weighted by molar-refractivity contribution is -0.123. The number of piperidine rings is 1. The molecule has 2 aliphatic rings. The van der Waals surface area contributed by atoms with Gasteiger partial charge in [0.25, 0.3) is 0 Å². The third kappa shape index (κ3) is 4.01. The number of rotatable bonds is 5. The Balaban J connectivity index is 1.43. The first-order valence-electron chi connectivity index (χ1n) is 10.4. The number of carbonyl (C=O) groups is 1. The van der Waals surface area contributed by atoms with E-state index >= 15 is 0 Å². The van der Waals surface area contributed by atoms with Crippen molar-refractivity contribution in [2.75, 3.05) is 18.0 Å². The number of hydrogen-bond donors (Lipinski definition) is 1. The number of carbonyl (C=O) groups excluding carboxylic acids is 1. The molecule has 6 nitrogen and oxygen atoms in total. The maximum absolute atomic E-state index is 12.2. The van der Waals surface area contributed by atoms with Gasteiger partial charge in [0.2, 0.25) is 11.9 Å². The van der Waals surface area contributed by atoms with Gasteiger partial charge in [-0.25, -0.2) is 9.97 Å². The summed E-state index contributed by atoms with van der Waals surface area (Å²) in [5.74, 6) is 2.15. The standard InChI is InChI=1S/C22H29N5O/c1-14(2)20-19(16-4-8-23-9-5-16)13-24-22(26-20)27-10-6-17(7-11-27)25-21(28)18-12-15(18)3/h4-5,8-9,13-15,17-18H,6-7,10-12H2,1-3H3,(H,25,28)/t15-,18+/m1/s1. The molecule has 4 rings (SSSR count). The summed E-state index contributed by atoms with van der Waals surface area (Å²) < 4.78 is 0.